The zero-order valence-corrected chi connectivity index (χ0v) is 12.4. The summed E-state index contributed by atoms with van der Waals surface area (Å²) in [5.41, 5.74) is 5.69. The van der Waals surface area contributed by atoms with Crippen LogP contribution in [0.25, 0.3) is 0 Å². The van der Waals surface area contributed by atoms with Gasteiger partial charge < -0.3 is 10.5 Å². The van der Waals surface area contributed by atoms with Gasteiger partial charge in [0.05, 0.1) is 6.61 Å². The Morgan fingerprint density at radius 3 is 2.00 bits per heavy atom. The number of ether oxygens (including phenoxy) is 1. The maximum atomic E-state index is 11.4. The van der Waals surface area contributed by atoms with Crippen LogP contribution in [-0.2, 0) is 9.53 Å². The quantitative estimate of drug-likeness (QED) is 0.454. The molecule has 0 aromatic rings. The number of carbonyl (C=O) groups is 1. The zero-order valence-electron chi connectivity index (χ0n) is 12.4. The van der Waals surface area contributed by atoms with Crippen molar-refractivity contribution in [1.29, 1.82) is 0 Å². The van der Waals surface area contributed by atoms with E-state index in [0.717, 1.165) is 12.8 Å². The second kappa shape index (κ2) is 11.5. The number of carbonyl (C=O) groups excluding carboxylic acids is 1. The molecule has 0 radical (unpaired) electrons. The molecule has 0 aromatic heterocycles. The Labute approximate surface area is 112 Å². The molecular formula is C15H31NO2. The number of unbranched alkanes of at least 4 members (excludes halogenated alkanes) is 7. The van der Waals surface area contributed by atoms with E-state index >= 15 is 0 Å². The summed E-state index contributed by atoms with van der Waals surface area (Å²) in [7, 11) is 0. The molecule has 0 rings (SSSR count). The van der Waals surface area contributed by atoms with Crippen LogP contribution in [0.5, 0.6) is 0 Å². The Kier molecular flexibility index (Phi) is 11.2. The van der Waals surface area contributed by atoms with E-state index in [0.29, 0.717) is 6.61 Å². The molecule has 0 saturated heterocycles. The lowest BCUT2D eigenvalue weighted by molar-refractivity contribution is -0.146. The minimum atomic E-state index is -0.473. The molecule has 0 amide bonds. The SMILES string of the molecule is CCCCCCCCCCOC(=O)C(N)C(C)C. The molecule has 18 heavy (non-hydrogen) atoms. The van der Waals surface area contributed by atoms with E-state index in [1.54, 1.807) is 0 Å². The third kappa shape index (κ3) is 9.46. The highest BCUT2D eigenvalue weighted by Gasteiger charge is 2.18. The van der Waals surface area contributed by atoms with Crippen LogP contribution >= 0.6 is 0 Å². The van der Waals surface area contributed by atoms with Gasteiger partial charge in [0.1, 0.15) is 6.04 Å². The van der Waals surface area contributed by atoms with Crippen molar-refractivity contribution in [1.82, 2.24) is 0 Å². The lowest BCUT2D eigenvalue weighted by Crippen LogP contribution is -2.37. The van der Waals surface area contributed by atoms with Crippen LogP contribution in [0.15, 0.2) is 0 Å². The van der Waals surface area contributed by atoms with E-state index in [1.807, 2.05) is 13.8 Å². The first-order valence-corrected chi connectivity index (χ1v) is 7.51. The third-order valence-electron chi connectivity index (χ3n) is 3.23. The first kappa shape index (κ1) is 17.4. The van der Waals surface area contributed by atoms with Gasteiger partial charge in [-0.3, -0.25) is 4.79 Å². The Bertz CT molecular complexity index is 205. The number of rotatable bonds is 11. The summed E-state index contributed by atoms with van der Waals surface area (Å²) >= 11 is 0. The molecular weight excluding hydrogens is 226 g/mol. The number of hydrogen-bond donors (Lipinski definition) is 1. The molecule has 0 aliphatic rings. The summed E-state index contributed by atoms with van der Waals surface area (Å²) in [5.74, 6) is -0.107. The molecule has 0 fully saturated rings. The third-order valence-corrected chi connectivity index (χ3v) is 3.23. The van der Waals surface area contributed by atoms with E-state index in [2.05, 4.69) is 6.92 Å². The Morgan fingerprint density at radius 2 is 1.50 bits per heavy atom. The number of esters is 1. The molecule has 0 heterocycles. The van der Waals surface area contributed by atoms with E-state index in [4.69, 9.17) is 10.5 Å². The molecule has 0 aliphatic carbocycles. The second-order valence-corrected chi connectivity index (χ2v) is 5.41. The van der Waals surface area contributed by atoms with Gasteiger partial charge in [0, 0.05) is 0 Å². The van der Waals surface area contributed by atoms with Crippen molar-refractivity contribution in [3.05, 3.63) is 0 Å². The van der Waals surface area contributed by atoms with Crippen LogP contribution in [0.3, 0.4) is 0 Å². The first-order valence-electron chi connectivity index (χ1n) is 7.51. The van der Waals surface area contributed by atoms with Gasteiger partial charge in [-0.1, -0.05) is 65.7 Å². The highest BCUT2D eigenvalue weighted by atomic mass is 16.5. The van der Waals surface area contributed by atoms with E-state index in [9.17, 15) is 4.79 Å². The summed E-state index contributed by atoms with van der Waals surface area (Å²) in [6, 6.07) is -0.473. The molecule has 3 nitrogen and oxygen atoms in total. The van der Waals surface area contributed by atoms with Crippen molar-refractivity contribution in [3.8, 4) is 0 Å². The van der Waals surface area contributed by atoms with Crippen molar-refractivity contribution in [3.63, 3.8) is 0 Å². The minimum Gasteiger partial charge on any atom is -0.465 e. The van der Waals surface area contributed by atoms with Crippen LogP contribution < -0.4 is 5.73 Å². The standard InChI is InChI=1S/C15H31NO2/c1-4-5-6-7-8-9-10-11-12-18-15(17)14(16)13(2)3/h13-14H,4-12,16H2,1-3H3. The average molecular weight is 257 g/mol. The largest absolute Gasteiger partial charge is 0.465 e. The summed E-state index contributed by atoms with van der Waals surface area (Å²) in [4.78, 5) is 11.4. The molecule has 0 bridgehead atoms. The van der Waals surface area contributed by atoms with E-state index in [1.165, 1.54) is 38.5 Å². The summed E-state index contributed by atoms with van der Waals surface area (Å²) < 4.78 is 5.15. The summed E-state index contributed by atoms with van der Waals surface area (Å²) in [6.07, 6.45) is 10.0. The lowest BCUT2D eigenvalue weighted by atomic mass is 10.1. The topological polar surface area (TPSA) is 52.3 Å². The molecule has 1 atom stereocenters. The van der Waals surface area contributed by atoms with Crippen molar-refractivity contribution in [2.45, 2.75) is 78.2 Å². The summed E-state index contributed by atoms with van der Waals surface area (Å²) in [5, 5.41) is 0. The average Bonchev–Trinajstić information content (AvgIpc) is 2.35. The fraction of sp³-hybridized carbons (Fsp3) is 0.933. The molecule has 3 heteroatoms. The fourth-order valence-electron chi connectivity index (χ4n) is 1.78. The smallest absolute Gasteiger partial charge is 0.323 e. The Hall–Kier alpha value is -0.570. The van der Waals surface area contributed by atoms with Gasteiger partial charge in [-0.05, 0) is 12.3 Å². The maximum absolute atomic E-state index is 11.4. The van der Waals surface area contributed by atoms with Crippen molar-refractivity contribution < 1.29 is 9.53 Å². The molecule has 2 N–H and O–H groups in total. The van der Waals surface area contributed by atoms with E-state index < -0.39 is 6.04 Å². The predicted octanol–water partition coefficient (Wildman–Crippen LogP) is 3.65. The monoisotopic (exact) mass is 257 g/mol. The van der Waals surface area contributed by atoms with Gasteiger partial charge in [0.15, 0.2) is 0 Å². The molecule has 1 unspecified atom stereocenters. The van der Waals surface area contributed by atoms with Gasteiger partial charge in [0.2, 0.25) is 0 Å². The highest BCUT2D eigenvalue weighted by Crippen LogP contribution is 2.08. The fourth-order valence-corrected chi connectivity index (χ4v) is 1.78. The zero-order chi connectivity index (χ0) is 13.8. The van der Waals surface area contributed by atoms with Crippen molar-refractivity contribution in [2.75, 3.05) is 6.61 Å². The van der Waals surface area contributed by atoms with Crippen molar-refractivity contribution >= 4 is 5.97 Å². The molecule has 0 aromatic carbocycles. The molecule has 0 saturated carbocycles. The predicted molar refractivity (Wildman–Crippen MR) is 76.4 cm³/mol. The van der Waals surface area contributed by atoms with Gasteiger partial charge in [-0.15, -0.1) is 0 Å². The first-order chi connectivity index (χ1) is 8.59. The van der Waals surface area contributed by atoms with Gasteiger partial charge in [0.25, 0.3) is 0 Å². The Balaban J connectivity index is 3.27. The van der Waals surface area contributed by atoms with Crippen LogP contribution in [0.1, 0.15) is 72.1 Å². The summed E-state index contributed by atoms with van der Waals surface area (Å²) in [6.45, 7) is 6.62. The van der Waals surface area contributed by atoms with E-state index in [-0.39, 0.29) is 11.9 Å². The van der Waals surface area contributed by atoms with Crippen LogP contribution in [0.4, 0.5) is 0 Å². The molecule has 0 aliphatic heterocycles. The van der Waals surface area contributed by atoms with Crippen LogP contribution in [0, 0.1) is 5.92 Å². The van der Waals surface area contributed by atoms with Gasteiger partial charge in [-0.2, -0.15) is 0 Å². The normalized spacial score (nSPS) is 12.7. The van der Waals surface area contributed by atoms with Gasteiger partial charge in [-0.25, -0.2) is 0 Å². The molecule has 0 spiro atoms. The minimum absolute atomic E-state index is 0.149. The van der Waals surface area contributed by atoms with Crippen LogP contribution in [0.2, 0.25) is 0 Å². The number of hydrogen-bond acceptors (Lipinski definition) is 3. The molecule has 108 valence electrons. The van der Waals surface area contributed by atoms with Gasteiger partial charge >= 0.3 is 5.97 Å². The Morgan fingerprint density at radius 1 is 1.00 bits per heavy atom. The van der Waals surface area contributed by atoms with Crippen molar-refractivity contribution in [2.24, 2.45) is 11.7 Å². The maximum Gasteiger partial charge on any atom is 0.323 e. The lowest BCUT2D eigenvalue weighted by Gasteiger charge is -2.14. The highest BCUT2D eigenvalue weighted by molar-refractivity contribution is 5.75. The van der Waals surface area contributed by atoms with Crippen LogP contribution in [-0.4, -0.2) is 18.6 Å². The second-order valence-electron chi connectivity index (χ2n) is 5.41. The number of nitrogens with two attached hydrogens (primary N) is 1.